The highest BCUT2D eigenvalue weighted by Crippen LogP contribution is 2.43. The van der Waals surface area contributed by atoms with Crippen molar-refractivity contribution in [3.05, 3.63) is 17.7 Å². The van der Waals surface area contributed by atoms with Gasteiger partial charge in [-0.3, -0.25) is 4.90 Å². The van der Waals surface area contributed by atoms with Gasteiger partial charge in [0.05, 0.1) is 20.3 Å². The van der Waals surface area contributed by atoms with E-state index in [0.717, 1.165) is 31.1 Å². The van der Waals surface area contributed by atoms with Gasteiger partial charge in [-0.05, 0) is 24.6 Å². The summed E-state index contributed by atoms with van der Waals surface area (Å²) in [7, 11) is 1.63. The molecule has 0 aliphatic carbocycles. The lowest BCUT2D eigenvalue weighted by Crippen LogP contribution is -2.47. The van der Waals surface area contributed by atoms with Crippen molar-refractivity contribution in [2.24, 2.45) is 5.73 Å². The molecule has 21 heavy (non-hydrogen) atoms. The molecule has 1 aromatic rings. The zero-order valence-electron chi connectivity index (χ0n) is 12.5. The molecule has 0 bridgehead atoms. The minimum Gasteiger partial charge on any atom is -0.493 e. The number of hydrogen-bond acceptors (Lipinski definition) is 6. The lowest BCUT2D eigenvalue weighted by Gasteiger charge is -2.39. The van der Waals surface area contributed by atoms with Gasteiger partial charge >= 0.3 is 0 Å². The molecule has 6 heteroatoms. The van der Waals surface area contributed by atoms with Gasteiger partial charge in [-0.1, -0.05) is 0 Å². The van der Waals surface area contributed by atoms with E-state index in [9.17, 15) is 0 Å². The molecule has 6 nitrogen and oxygen atoms in total. The van der Waals surface area contributed by atoms with Crippen molar-refractivity contribution in [3.63, 3.8) is 0 Å². The Balaban J connectivity index is 1.93. The number of fused-ring (bicyclic) bond motifs is 1. The van der Waals surface area contributed by atoms with Crippen LogP contribution in [-0.2, 0) is 4.74 Å². The number of benzene rings is 1. The maximum absolute atomic E-state index is 6.04. The Labute approximate surface area is 124 Å². The number of hydrogen-bond donors (Lipinski definition) is 1. The molecule has 2 aliphatic heterocycles. The van der Waals surface area contributed by atoms with Crippen LogP contribution in [0.25, 0.3) is 0 Å². The average Bonchev–Trinajstić information content (AvgIpc) is 2.97. The number of methoxy groups -OCH3 is 1. The fourth-order valence-electron chi connectivity index (χ4n) is 3.01. The molecular formula is C15H22N2O4. The van der Waals surface area contributed by atoms with E-state index in [1.165, 1.54) is 0 Å². The molecule has 1 aromatic carbocycles. The minimum absolute atomic E-state index is 0.118. The first-order valence-electron chi connectivity index (χ1n) is 7.25. The van der Waals surface area contributed by atoms with Gasteiger partial charge in [-0.15, -0.1) is 0 Å². The third-order valence-electron chi connectivity index (χ3n) is 4.11. The maximum atomic E-state index is 6.04. The number of nitrogens with two attached hydrogens (primary N) is 1. The Morgan fingerprint density at radius 1 is 1.43 bits per heavy atom. The van der Waals surface area contributed by atoms with E-state index in [4.69, 9.17) is 24.7 Å². The second-order valence-electron chi connectivity index (χ2n) is 5.37. The largest absolute Gasteiger partial charge is 0.493 e. The number of morpholine rings is 1. The lowest BCUT2D eigenvalue weighted by molar-refractivity contribution is -0.0209. The van der Waals surface area contributed by atoms with Gasteiger partial charge in [0, 0.05) is 25.2 Å². The van der Waals surface area contributed by atoms with Crippen LogP contribution in [0.3, 0.4) is 0 Å². The van der Waals surface area contributed by atoms with Crippen molar-refractivity contribution in [3.8, 4) is 17.2 Å². The van der Waals surface area contributed by atoms with Crippen LogP contribution in [0, 0.1) is 0 Å². The molecule has 2 atom stereocenters. The summed E-state index contributed by atoms with van der Waals surface area (Å²) in [5.74, 6) is 2.09. The van der Waals surface area contributed by atoms with Crippen LogP contribution in [-0.4, -0.2) is 51.1 Å². The number of nitrogens with zero attached hydrogens (tertiary/aromatic N) is 1. The standard InChI is InChI=1S/C15H22N2O4/c1-10-8-19-4-3-17(10)12(7-16)11-5-13(18-2)15-14(6-11)20-9-21-15/h5-6,10,12H,3-4,7-9,16H2,1-2H3. The summed E-state index contributed by atoms with van der Waals surface area (Å²) in [5.41, 5.74) is 7.13. The van der Waals surface area contributed by atoms with E-state index in [1.807, 2.05) is 12.1 Å². The molecule has 2 N–H and O–H groups in total. The van der Waals surface area contributed by atoms with Crippen LogP contribution in [0.4, 0.5) is 0 Å². The Morgan fingerprint density at radius 3 is 3.00 bits per heavy atom. The molecule has 1 saturated heterocycles. The molecular weight excluding hydrogens is 272 g/mol. The van der Waals surface area contributed by atoms with Crippen LogP contribution >= 0.6 is 0 Å². The monoisotopic (exact) mass is 294 g/mol. The van der Waals surface area contributed by atoms with Crippen molar-refractivity contribution in [2.45, 2.75) is 19.0 Å². The molecule has 3 rings (SSSR count). The lowest BCUT2D eigenvalue weighted by atomic mass is 10.0. The van der Waals surface area contributed by atoms with E-state index in [1.54, 1.807) is 7.11 Å². The molecule has 2 unspecified atom stereocenters. The molecule has 0 saturated carbocycles. The topological polar surface area (TPSA) is 66.2 Å². The zero-order chi connectivity index (χ0) is 14.8. The summed E-state index contributed by atoms with van der Waals surface area (Å²) in [6, 6.07) is 4.45. The van der Waals surface area contributed by atoms with Crippen LogP contribution in [0.2, 0.25) is 0 Å². The molecule has 0 spiro atoms. The first-order chi connectivity index (χ1) is 10.2. The summed E-state index contributed by atoms with van der Waals surface area (Å²) in [4.78, 5) is 2.38. The van der Waals surface area contributed by atoms with Gasteiger partial charge in [-0.25, -0.2) is 0 Å². The maximum Gasteiger partial charge on any atom is 0.231 e. The van der Waals surface area contributed by atoms with Crippen LogP contribution in [0.15, 0.2) is 12.1 Å². The first kappa shape index (κ1) is 14.4. The summed E-state index contributed by atoms with van der Waals surface area (Å²) in [5, 5.41) is 0. The van der Waals surface area contributed by atoms with Gasteiger partial charge in [0.15, 0.2) is 11.5 Å². The van der Waals surface area contributed by atoms with Crippen molar-refractivity contribution in [1.82, 2.24) is 4.90 Å². The summed E-state index contributed by atoms with van der Waals surface area (Å²) < 4.78 is 21.9. The fraction of sp³-hybridized carbons (Fsp3) is 0.600. The number of rotatable bonds is 4. The molecule has 0 amide bonds. The molecule has 2 aliphatic rings. The highest BCUT2D eigenvalue weighted by molar-refractivity contribution is 5.55. The highest BCUT2D eigenvalue weighted by Gasteiger charge is 2.29. The number of ether oxygens (including phenoxy) is 4. The van der Waals surface area contributed by atoms with E-state index in [2.05, 4.69) is 11.8 Å². The van der Waals surface area contributed by atoms with Crippen molar-refractivity contribution < 1.29 is 18.9 Å². The SMILES string of the molecule is COc1cc(C(CN)N2CCOCC2C)cc2c1OCO2. The van der Waals surface area contributed by atoms with E-state index in [-0.39, 0.29) is 12.8 Å². The predicted octanol–water partition coefficient (Wildman–Crippen LogP) is 1.14. The van der Waals surface area contributed by atoms with Crippen LogP contribution < -0.4 is 19.9 Å². The van der Waals surface area contributed by atoms with E-state index >= 15 is 0 Å². The van der Waals surface area contributed by atoms with Crippen molar-refractivity contribution in [1.29, 1.82) is 0 Å². The Morgan fingerprint density at radius 2 is 2.29 bits per heavy atom. The minimum atomic E-state index is 0.118. The quantitative estimate of drug-likeness (QED) is 0.898. The first-order valence-corrected chi connectivity index (χ1v) is 7.25. The molecule has 1 fully saturated rings. The molecule has 2 heterocycles. The Hall–Kier alpha value is -1.50. The van der Waals surface area contributed by atoms with Gasteiger partial charge in [0.25, 0.3) is 0 Å². The summed E-state index contributed by atoms with van der Waals surface area (Å²) >= 11 is 0. The van der Waals surface area contributed by atoms with Gasteiger partial charge < -0.3 is 24.7 Å². The normalized spacial score (nSPS) is 23.1. The smallest absolute Gasteiger partial charge is 0.231 e. The van der Waals surface area contributed by atoms with Crippen molar-refractivity contribution in [2.75, 3.05) is 40.2 Å². The zero-order valence-corrected chi connectivity index (χ0v) is 12.5. The Bertz CT molecular complexity index is 509. The molecule has 0 aromatic heterocycles. The molecule has 116 valence electrons. The summed E-state index contributed by atoms with van der Waals surface area (Å²) in [6.07, 6.45) is 0. The Kier molecular flexibility index (Phi) is 4.19. The predicted molar refractivity (Wildman–Crippen MR) is 77.9 cm³/mol. The van der Waals surface area contributed by atoms with Crippen LogP contribution in [0.1, 0.15) is 18.5 Å². The van der Waals surface area contributed by atoms with E-state index in [0.29, 0.717) is 24.1 Å². The third kappa shape index (κ3) is 2.66. The third-order valence-corrected chi connectivity index (χ3v) is 4.11. The van der Waals surface area contributed by atoms with Crippen LogP contribution in [0.5, 0.6) is 17.2 Å². The average molecular weight is 294 g/mol. The van der Waals surface area contributed by atoms with Gasteiger partial charge in [0.2, 0.25) is 12.5 Å². The summed E-state index contributed by atoms with van der Waals surface area (Å²) in [6.45, 7) is 5.27. The van der Waals surface area contributed by atoms with Crippen molar-refractivity contribution >= 4 is 0 Å². The second-order valence-corrected chi connectivity index (χ2v) is 5.37. The fourth-order valence-corrected chi connectivity index (χ4v) is 3.01. The van der Waals surface area contributed by atoms with E-state index < -0.39 is 0 Å². The van der Waals surface area contributed by atoms with Gasteiger partial charge in [-0.2, -0.15) is 0 Å². The van der Waals surface area contributed by atoms with Gasteiger partial charge in [0.1, 0.15) is 0 Å². The highest BCUT2D eigenvalue weighted by atomic mass is 16.7. The molecule has 0 radical (unpaired) electrons. The second kappa shape index (κ2) is 6.09.